The minimum absolute atomic E-state index is 0.0776. The normalized spacial score (nSPS) is 19.3. The van der Waals surface area contributed by atoms with Gasteiger partial charge in [-0.3, -0.25) is 14.4 Å². The number of benzene rings is 1. The Morgan fingerprint density at radius 3 is 2.78 bits per heavy atom. The third-order valence-corrected chi connectivity index (χ3v) is 5.40. The predicted molar refractivity (Wildman–Crippen MR) is 107 cm³/mol. The van der Waals surface area contributed by atoms with Crippen molar-refractivity contribution < 1.29 is 4.79 Å². The molecule has 1 amide bonds. The number of rotatable bonds is 6. The van der Waals surface area contributed by atoms with Gasteiger partial charge in [0.25, 0.3) is 0 Å². The first-order chi connectivity index (χ1) is 13.0. The highest BCUT2D eigenvalue weighted by Crippen LogP contribution is 2.46. The van der Waals surface area contributed by atoms with Crippen LogP contribution in [-0.4, -0.2) is 33.7 Å². The van der Waals surface area contributed by atoms with Crippen LogP contribution >= 0.6 is 0 Å². The molecule has 0 saturated heterocycles. The van der Waals surface area contributed by atoms with Crippen molar-refractivity contribution in [1.82, 2.24) is 20.0 Å². The van der Waals surface area contributed by atoms with Crippen LogP contribution in [0.15, 0.2) is 42.0 Å². The molecule has 5 nitrogen and oxygen atoms in total. The minimum Gasteiger partial charge on any atom is -0.350 e. The van der Waals surface area contributed by atoms with Crippen LogP contribution in [-0.2, 0) is 24.4 Å². The molecule has 2 heterocycles. The first kappa shape index (κ1) is 18.0. The molecule has 0 saturated carbocycles. The first-order valence-corrected chi connectivity index (χ1v) is 9.84. The Bertz CT molecular complexity index is 866. The maximum absolute atomic E-state index is 12.6. The summed E-state index contributed by atoms with van der Waals surface area (Å²) in [5.41, 5.74) is 5.69. The van der Waals surface area contributed by atoms with Crippen LogP contribution in [0.1, 0.15) is 37.7 Å². The molecule has 1 aromatic carbocycles. The van der Waals surface area contributed by atoms with E-state index in [9.17, 15) is 4.79 Å². The average molecular weight is 364 g/mol. The van der Waals surface area contributed by atoms with Gasteiger partial charge in [0.1, 0.15) is 0 Å². The molecule has 1 aliphatic carbocycles. The number of nitrogens with zero attached hydrogens (tertiary/aromatic N) is 3. The van der Waals surface area contributed by atoms with Gasteiger partial charge >= 0.3 is 0 Å². The summed E-state index contributed by atoms with van der Waals surface area (Å²) < 4.78 is 2.09. The lowest BCUT2D eigenvalue weighted by Crippen LogP contribution is -2.36. The Kier molecular flexibility index (Phi) is 4.87. The van der Waals surface area contributed by atoms with Crippen LogP contribution in [0, 0.1) is 11.8 Å². The van der Waals surface area contributed by atoms with Crippen molar-refractivity contribution in [2.24, 2.45) is 11.8 Å². The number of amides is 1. The summed E-state index contributed by atoms with van der Waals surface area (Å²) in [5, 5.41) is 7.75. The van der Waals surface area contributed by atoms with Crippen molar-refractivity contribution in [2.45, 2.75) is 40.4 Å². The molecule has 0 bridgehead atoms. The van der Waals surface area contributed by atoms with Crippen molar-refractivity contribution in [3.05, 3.63) is 58.9 Å². The second-order valence-corrected chi connectivity index (χ2v) is 8.09. The lowest BCUT2D eigenvalue weighted by Gasteiger charge is -2.28. The monoisotopic (exact) mass is 364 g/mol. The SMILES string of the molecule is CC1=C(c2ccccc2)C1C(=O)NCc1cc2n(n1)CCN(CC(C)C)C2. The molecular weight excluding hydrogens is 336 g/mol. The van der Waals surface area contributed by atoms with Crippen molar-refractivity contribution >= 4 is 11.5 Å². The fourth-order valence-corrected chi connectivity index (χ4v) is 4.09. The summed E-state index contributed by atoms with van der Waals surface area (Å²) in [4.78, 5) is 15.1. The van der Waals surface area contributed by atoms with Crippen molar-refractivity contribution in [3.63, 3.8) is 0 Å². The van der Waals surface area contributed by atoms with Gasteiger partial charge < -0.3 is 5.32 Å². The third kappa shape index (κ3) is 3.83. The van der Waals surface area contributed by atoms with Crippen LogP contribution in [0.2, 0.25) is 0 Å². The van der Waals surface area contributed by atoms with Crippen LogP contribution in [0.3, 0.4) is 0 Å². The zero-order valence-corrected chi connectivity index (χ0v) is 16.4. The van der Waals surface area contributed by atoms with E-state index in [1.807, 2.05) is 25.1 Å². The molecular formula is C22H28N4O. The van der Waals surface area contributed by atoms with E-state index in [0.29, 0.717) is 12.5 Å². The van der Waals surface area contributed by atoms with E-state index in [1.165, 1.54) is 16.8 Å². The van der Waals surface area contributed by atoms with Gasteiger partial charge in [0, 0.05) is 19.6 Å². The van der Waals surface area contributed by atoms with Gasteiger partial charge in [-0.1, -0.05) is 49.8 Å². The molecule has 142 valence electrons. The molecule has 1 aliphatic heterocycles. The molecule has 5 heteroatoms. The van der Waals surface area contributed by atoms with Gasteiger partial charge in [0.15, 0.2) is 0 Å². The van der Waals surface area contributed by atoms with Gasteiger partial charge in [-0.15, -0.1) is 0 Å². The Morgan fingerprint density at radius 1 is 1.26 bits per heavy atom. The van der Waals surface area contributed by atoms with E-state index >= 15 is 0 Å². The Balaban J connectivity index is 1.33. The Morgan fingerprint density at radius 2 is 2.04 bits per heavy atom. The van der Waals surface area contributed by atoms with E-state index in [4.69, 9.17) is 0 Å². The molecule has 4 rings (SSSR count). The number of fused-ring (bicyclic) bond motifs is 1. The summed E-state index contributed by atoms with van der Waals surface area (Å²) in [6.45, 7) is 11.1. The van der Waals surface area contributed by atoms with Crippen molar-refractivity contribution in [1.29, 1.82) is 0 Å². The Hall–Kier alpha value is -2.40. The number of carbonyl (C=O) groups is 1. The second-order valence-electron chi connectivity index (χ2n) is 8.09. The van der Waals surface area contributed by atoms with Gasteiger partial charge in [-0.25, -0.2) is 0 Å². The lowest BCUT2D eigenvalue weighted by molar-refractivity contribution is -0.121. The molecule has 2 aromatic rings. The molecule has 1 atom stereocenters. The number of aromatic nitrogens is 2. The zero-order valence-electron chi connectivity index (χ0n) is 16.4. The molecule has 1 aromatic heterocycles. The van der Waals surface area contributed by atoms with Gasteiger partial charge in [-0.2, -0.15) is 5.10 Å². The van der Waals surface area contributed by atoms with E-state index < -0.39 is 0 Å². The molecule has 1 N–H and O–H groups in total. The van der Waals surface area contributed by atoms with E-state index in [-0.39, 0.29) is 11.8 Å². The minimum atomic E-state index is -0.0776. The highest BCUT2D eigenvalue weighted by Gasteiger charge is 2.39. The highest BCUT2D eigenvalue weighted by atomic mass is 16.2. The largest absolute Gasteiger partial charge is 0.350 e. The van der Waals surface area contributed by atoms with Crippen molar-refractivity contribution in [2.75, 3.05) is 13.1 Å². The summed E-state index contributed by atoms with van der Waals surface area (Å²) in [7, 11) is 0. The second kappa shape index (κ2) is 7.31. The topological polar surface area (TPSA) is 50.2 Å². The summed E-state index contributed by atoms with van der Waals surface area (Å²) in [6, 6.07) is 12.3. The highest BCUT2D eigenvalue weighted by molar-refractivity contribution is 6.05. The fourth-order valence-electron chi connectivity index (χ4n) is 4.09. The molecule has 0 fully saturated rings. The van der Waals surface area contributed by atoms with Crippen LogP contribution < -0.4 is 5.32 Å². The smallest absolute Gasteiger partial charge is 0.232 e. The summed E-state index contributed by atoms with van der Waals surface area (Å²) in [5.74, 6) is 0.677. The van der Waals surface area contributed by atoms with Gasteiger partial charge in [0.05, 0.1) is 30.4 Å². The maximum Gasteiger partial charge on any atom is 0.232 e. The number of nitrogens with one attached hydrogen (secondary N) is 1. The maximum atomic E-state index is 12.6. The molecule has 2 aliphatic rings. The van der Waals surface area contributed by atoms with E-state index in [1.54, 1.807) is 0 Å². The number of hydrogen-bond acceptors (Lipinski definition) is 3. The molecule has 1 unspecified atom stereocenters. The first-order valence-electron chi connectivity index (χ1n) is 9.84. The average Bonchev–Trinajstić information content (AvgIpc) is 3.15. The quantitative estimate of drug-likeness (QED) is 0.857. The lowest BCUT2D eigenvalue weighted by atomic mass is 10.1. The van der Waals surface area contributed by atoms with E-state index in [0.717, 1.165) is 37.4 Å². The summed E-state index contributed by atoms with van der Waals surface area (Å²) in [6.07, 6.45) is 0. The number of hydrogen-bond donors (Lipinski definition) is 1. The van der Waals surface area contributed by atoms with Crippen molar-refractivity contribution in [3.8, 4) is 0 Å². The standard InChI is InChI=1S/C22H28N4O/c1-15(2)13-25-9-10-26-19(14-25)11-18(24-26)12-23-22(27)21-16(3)20(21)17-7-5-4-6-8-17/h4-8,11,15,21H,9-10,12-14H2,1-3H3,(H,23,27). The van der Waals surface area contributed by atoms with Crippen LogP contribution in [0.5, 0.6) is 0 Å². The van der Waals surface area contributed by atoms with Gasteiger partial charge in [0.2, 0.25) is 5.91 Å². The van der Waals surface area contributed by atoms with Crippen LogP contribution in [0.4, 0.5) is 0 Å². The molecule has 0 radical (unpaired) electrons. The van der Waals surface area contributed by atoms with Gasteiger partial charge in [-0.05, 0) is 30.0 Å². The van der Waals surface area contributed by atoms with E-state index in [2.05, 4.69) is 52.0 Å². The third-order valence-electron chi connectivity index (χ3n) is 5.40. The fraction of sp³-hybridized carbons (Fsp3) is 0.455. The molecule has 0 spiro atoms. The predicted octanol–water partition coefficient (Wildman–Crippen LogP) is 3.07. The van der Waals surface area contributed by atoms with Crippen LogP contribution in [0.25, 0.3) is 5.57 Å². The Labute approximate surface area is 161 Å². The number of carbonyl (C=O) groups excluding carboxylic acids is 1. The summed E-state index contributed by atoms with van der Waals surface area (Å²) >= 11 is 0. The molecule has 27 heavy (non-hydrogen) atoms. The zero-order chi connectivity index (χ0) is 19.0.